The number of hydrogen-bond donors (Lipinski definition) is 1. The summed E-state index contributed by atoms with van der Waals surface area (Å²) in [5, 5.41) is 0.788. The molecule has 0 radical (unpaired) electrons. The van der Waals surface area contributed by atoms with Crippen molar-refractivity contribution in [2.75, 3.05) is 11.9 Å². The summed E-state index contributed by atoms with van der Waals surface area (Å²) in [5.41, 5.74) is 0.147. The Kier molecular flexibility index (Phi) is 3.99. The van der Waals surface area contributed by atoms with Gasteiger partial charge in [0.05, 0.1) is 0 Å². The van der Waals surface area contributed by atoms with E-state index in [1.165, 1.54) is 6.07 Å². The molecule has 1 aromatic heterocycles. The van der Waals surface area contributed by atoms with Crippen LogP contribution < -0.4 is 5.56 Å². The van der Waals surface area contributed by atoms with Crippen LogP contribution in [0.4, 0.5) is 0 Å². The van der Waals surface area contributed by atoms with E-state index in [0.29, 0.717) is 5.69 Å². The molecular weight excluding hydrogens is 284 g/mol. The second-order valence-corrected chi connectivity index (χ2v) is 4.88. The van der Waals surface area contributed by atoms with Crippen molar-refractivity contribution in [2.24, 2.45) is 0 Å². The topological polar surface area (TPSA) is 53.2 Å². The molecule has 0 aromatic carbocycles. The number of hydrogen-bond acceptors (Lipinski definition) is 2. The Hall–Kier alpha value is -1.10. The van der Waals surface area contributed by atoms with Crippen LogP contribution in [0.1, 0.15) is 29.8 Å². The van der Waals surface area contributed by atoms with Crippen molar-refractivity contribution in [1.82, 2.24) is 9.88 Å². The molecule has 1 aliphatic heterocycles. The molecule has 1 aliphatic rings. The molecule has 4 nitrogen and oxygen atoms in total. The number of aromatic amines is 1. The zero-order valence-electron chi connectivity index (χ0n) is 9.49. The Morgan fingerprint density at radius 1 is 1.47 bits per heavy atom. The number of nitrogens with zero attached hydrogens (tertiary/aromatic N) is 1. The lowest BCUT2D eigenvalue weighted by molar-refractivity contribution is 0.0635. The van der Waals surface area contributed by atoms with Crippen molar-refractivity contribution < 1.29 is 4.79 Å². The summed E-state index contributed by atoms with van der Waals surface area (Å²) in [6, 6.07) is 4.91. The summed E-state index contributed by atoms with van der Waals surface area (Å²) in [6.07, 6.45) is 3.21. The van der Waals surface area contributed by atoms with Crippen LogP contribution in [0, 0.1) is 0 Å². The average Bonchev–Trinajstić information content (AvgIpc) is 2.38. The van der Waals surface area contributed by atoms with Crippen molar-refractivity contribution in [2.45, 2.75) is 25.3 Å². The second-order valence-electron chi connectivity index (χ2n) is 4.23. The van der Waals surface area contributed by atoms with Gasteiger partial charge in [0.25, 0.3) is 5.91 Å². The molecule has 1 aromatic rings. The van der Waals surface area contributed by atoms with Gasteiger partial charge in [-0.1, -0.05) is 22.0 Å². The quantitative estimate of drug-likeness (QED) is 0.846. The van der Waals surface area contributed by atoms with Crippen LogP contribution in [0.5, 0.6) is 0 Å². The average molecular weight is 299 g/mol. The number of rotatable bonds is 2. The summed E-state index contributed by atoms with van der Waals surface area (Å²) < 4.78 is 0. The first-order chi connectivity index (χ1) is 8.22. The first kappa shape index (κ1) is 12.4. The number of H-pyrrole nitrogens is 1. The molecule has 92 valence electrons. The lowest BCUT2D eigenvalue weighted by Crippen LogP contribution is -2.45. The largest absolute Gasteiger partial charge is 0.334 e. The Bertz CT molecular complexity index is 458. The lowest BCUT2D eigenvalue weighted by atomic mass is 10.0. The highest BCUT2D eigenvalue weighted by Gasteiger charge is 2.26. The fourth-order valence-electron chi connectivity index (χ4n) is 2.16. The predicted octanol–water partition coefficient (Wildman–Crippen LogP) is 1.76. The fourth-order valence-corrected chi connectivity index (χ4v) is 2.83. The highest BCUT2D eigenvalue weighted by molar-refractivity contribution is 9.09. The van der Waals surface area contributed by atoms with Crippen molar-refractivity contribution in [3.63, 3.8) is 0 Å². The van der Waals surface area contributed by atoms with Gasteiger partial charge in [-0.3, -0.25) is 9.59 Å². The first-order valence-electron chi connectivity index (χ1n) is 5.78. The molecule has 0 spiro atoms. The van der Waals surface area contributed by atoms with Crippen molar-refractivity contribution in [1.29, 1.82) is 0 Å². The van der Waals surface area contributed by atoms with Crippen LogP contribution in [-0.2, 0) is 0 Å². The van der Waals surface area contributed by atoms with Gasteiger partial charge in [0.2, 0.25) is 5.56 Å². The van der Waals surface area contributed by atoms with E-state index >= 15 is 0 Å². The number of amides is 1. The number of carbonyl (C=O) groups excluding carboxylic acids is 1. The van der Waals surface area contributed by atoms with Gasteiger partial charge in [-0.05, 0) is 25.3 Å². The van der Waals surface area contributed by atoms with Gasteiger partial charge in [-0.2, -0.15) is 0 Å². The highest BCUT2D eigenvalue weighted by Crippen LogP contribution is 2.20. The molecule has 0 aliphatic carbocycles. The number of likely N-dealkylation sites (tertiary alicyclic amines) is 1. The highest BCUT2D eigenvalue weighted by atomic mass is 79.9. The Morgan fingerprint density at radius 3 is 3.00 bits per heavy atom. The van der Waals surface area contributed by atoms with E-state index in [-0.39, 0.29) is 17.5 Å². The van der Waals surface area contributed by atoms with Gasteiger partial charge >= 0.3 is 0 Å². The minimum atomic E-state index is -0.233. The van der Waals surface area contributed by atoms with E-state index in [0.717, 1.165) is 31.1 Å². The molecule has 1 unspecified atom stereocenters. The third-order valence-corrected chi connectivity index (χ3v) is 3.81. The number of nitrogens with one attached hydrogen (secondary N) is 1. The summed E-state index contributed by atoms with van der Waals surface area (Å²) in [6.45, 7) is 0.770. The molecule has 1 N–H and O–H groups in total. The van der Waals surface area contributed by atoms with E-state index in [2.05, 4.69) is 20.9 Å². The summed E-state index contributed by atoms with van der Waals surface area (Å²) in [4.78, 5) is 27.9. The number of halogens is 1. The van der Waals surface area contributed by atoms with E-state index in [1.54, 1.807) is 12.1 Å². The SMILES string of the molecule is O=C(c1cccc(=O)[nH]1)N1CCCCC1CBr. The van der Waals surface area contributed by atoms with Gasteiger partial charge in [0.1, 0.15) is 5.69 Å². The Labute approximate surface area is 108 Å². The minimum absolute atomic E-state index is 0.0770. The Balaban J connectivity index is 2.21. The number of piperidine rings is 1. The normalized spacial score (nSPS) is 20.3. The summed E-state index contributed by atoms with van der Waals surface area (Å²) >= 11 is 3.44. The molecule has 1 amide bonds. The van der Waals surface area contributed by atoms with Crippen LogP contribution in [0.15, 0.2) is 23.0 Å². The molecule has 1 fully saturated rings. The minimum Gasteiger partial charge on any atom is -0.334 e. The third kappa shape index (κ3) is 2.77. The summed E-state index contributed by atoms with van der Waals surface area (Å²) in [7, 11) is 0. The van der Waals surface area contributed by atoms with Crippen LogP contribution in [0.25, 0.3) is 0 Å². The zero-order chi connectivity index (χ0) is 12.3. The third-order valence-electron chi connectivity index (χ3n) is 3.06. The fraction of sp³-hybridized carbons (Fsp3) is 0.500. The van der Waals surface area contributed by atoms with Gasteiger partial charge in [0.15, 0.2) is 0 Å². The van der Waals surface area contributed by atoms with Crippen molar-refractivity contribution >= 4 is 21.8 Å². The van der Waals surface area contributed by atoms with Crippen LogP contribution in [0.3, 0.4) is 0 Å². The zero-order valence-corrected chi connectivity index (χ0v) is 11.1. The van der Waals surface area contributed by atoms with Crippen molar-refractivity contribution in [3.05, 3.63) is 34.2 Å². The number of alkyl halides is 1. The number of aromatic nitrogens is 1. The first-order valence-corrected chi connectivity index (χ1v) is 6.91. The standard InChI is InChI=1S/C12H15BrN2O2/c13-8-9-4-1-2-7-15(9)12(17)10-5-3-6-11(16)14-10/h3,5-6,9H,1-2,4,7-8H2,(H,14,16). The van der Waals surface area contributed by atoms with Gasteiger partial charge < -0.3 is 9.88 Å². The monoisotopic (exact) mass is 298 g/mol. The Morgan fingerprint density at radius 2 is 2.29 bits per heavy atom. The molecule has 0 bridgehead atoms. The van der Waals surface area contributed by atoms with E-state index in [9.17, 15) is 9.59 Å². The van der Waals surface area contributed by atoms with Crippen LogP contribution in [0.2, 0.25) is 0 Å². The van der Waals surface area contributed by atoms with E-state index < -0.39 is 0 Å². The van der Waals surface area contributed by atoms with E-state index in [4.69, 9.17) is 0 Å². The molecular formula is C12H15BrN2O2. The molecule has 1 saturated heterocycles. The maximum absolute atomic E-state index is 12.3. The van der Waals surface area contributed by atoms with Gasteiger partial charge in [-0.15, -0.1) is 0 Å². The van der Waals surface area contributed by atoms with E-state index in [1.807, 2.05) is 4.90 Å². The smallest absolute Gasteiger partial charge is 0.270 e. The summed E-state index contributed by atoms with van der Waals surface area (Å²) in [5.74, 6) is -0.0770. The van der Waals surface area contributed by atoms with Gasteiger partial charge in [-0.25, -0.2) is 0 Å². The molecule has 5 heteroatoms. The predicted molar refractivity (Wildman–Crippen MR) is 69.5 cm³/mol. The lowest BCUT2D eigenvalue weighted by Gasteiger charge is -2.34. The molecule has 17 heavy (non-hydrogen) atoms. The van der Waals surface area contributed by atoms with Gasteiger partial charge in [0, 0.05) is 24.0 Å². The second kappa shape index (κ2) is 5.49. The number of pyridine rings is 1. The van der Waals surface area contributed by atoms with Crippen LogP contribution in [-0.4, -0.2) is 33.7 Å². The maximum Gasteiger partial charge on any atom is 0.270 e. The maximum atomic E-state index is 12.3. The van der Waals surface area contributed by atoms with Crippen molar-refractivity contribution in [3.8, 4) is 0 Å². The molecule has 2 rings (SSSR count). The molecule has 2 heterocycles. The number of carbonyl (C=O) groups is 1. The molecule has 0 saturated carbocycles. The molecule has 1 atom stereocenters. The van der Waals surface area contributed by atoms with Crippen LogP contribution >= 0.6 is 15.9 Å².